The summed E-state index contributed by atoms with van der Waals surface area (Å²) in [6.45, 7) is 0.353. The summed E-state index contributed by atoms with van der Waals surface area (Å²) in [6.07, 6.45) is -1.16. The first-order chi connectivity index (χ1) is 10.9. The molecule has 0 bridgehead atoms. The van der Waals surface area contributed by atoms with E-state index in [1.54, 1.807) is 12.3 Å². The van der Waals surface area contributed by atoms with Gasteiger partial charge in [0.05, 0.1) is 0 Å². The molecule has 0 aliphatic rings. The van der Waals surface area contributed by atoms with Gasteiger partial charge in [-0.1, -0.05) is 0 Å². The van der Waals surface area contributed by atoms with Crippen LogP contribution in [0.3, 0.4) is 0 Å². The molecule has 0 radical (unpaired) electrons. The van der Waals surface area contributed by atoms with Crippen molar-refractivity contribution in [1.29, 1.82) is 0 Å². The molecular formula is C15H12F4N4. The maximum Gasteiger partial charge on any atom is 0.433 e. The van der Waals surface area contributed by atoms with Crippen LogP contribution in [0, 0.1) is 5.82 Å². The lowest BCUT2D eigenvalue weighted by Gasteiger charge is -2.08. The van der Waals surface area contributed by atoms with Gasteiger partial charge in [0, 0.05) is 29.8 Å². The summed E-state index contributed by atoms with van der Waals surface area (Å²) in [7, 11) is 0. The zero-order valence-electron chi connectivity index (χ0n) is 11.8. The molecule has 0 saturated carbocycles. The van der Waals surface area contributed by atoms with Crippen LogP contribution < -0.4 is 5.32 Å². The second kappa shape index (κ2) is 5.86. The Balaban J connectivity index is 1.67. The highest BCUT2D eigenvalue weighted by Crippen LogP contribution is 2.27. The van der Waals surface area contributed by atoms with Crippen molar-refractivity contribution in [2.75, 3.05) is 11.9 Å². The van der Waals surface area contributed by atoms with Gasteiger partial charge in [-0.3, -0.25) is 0 Å². The second-order valence-electron chi connectivity index (χ2n) is 4.94. The van der Waals surface area contributed by atoms with E-state index in [-0.39, 0.29) is 11.8 Å². The van der Waals surface area contributed by atoms with E-state index in [2.05, 4.69) is 20.3 Å². The number of alkyl halides is 3. The summed E-state index contributed by atoms with van der Waals surface area (Å²) in [4.78, 5) is 10.2. The molecule has 0 atom stereocenters. The van der Waals surface area contributed by atoms with Crippen molar-refractivity contribution in [3.63, 3.8) is 0 Å². The highest BCUT2D eigenvalue weighted by Gasteiger charge is 2.32. The first kappa shape index (κ1) is 15.3. The van der Waals surface area contributed by atoms with Crippen molar-refractivity contribution in [2.24, 2.45) is 0 Å². The van der Waals surface area contributed by atoms with Gasteiger partial charge < -0.3 is 10.3 Å². The number of halogens is 4. The molecule has 23 heavy (non-hydrogen) atoms. The summed E-state index contributed by atoms with van der Waals surface area (Å²) in [5, 5.41) is 3.63. The van der Waals surface area contributed by atoms with Gasteiger partial charge in [0.1, 0.15) is 11.5 Å². The highest BCUT2D eigenvalue weighted by atomic mass is 19.4. The predicted molar refractivity (Wildman–Crippen MR) is 77.5 cm³/mol. The minimum atomic E-state index is -4.50. The third-order valence-electron chi connectivity index (χ3n) is 3.35. The molecule has 0 saturated heterocycles. The average Bonchev–Trinajstić information content (AvgIpc) is 2.89. The second-order valence-corrected chi connectivity index (χ2v) is 4.94. The largest absolute Gasteiger partial charge is 0.433 e. The van der Waals surface area contributed by atoms with Crippen molar-refractivity contribution in [1.82, 2.24) is 15.0 Å². The van der Waals surface area contributed by atoms with Crippen LogP contribution >= 0.6 is 0 Å². The fraction of sp³-hybridized carbons (Fsp3) is 0.200. The van der Waals surface area contributed by atoms with Gasteiger partial charge in [0.25, 0.3) is 0 Å². The quantitative estimate of drug-likeness (QED) is 0.718. The molecule has 0 spiro atoms. The number of fused-ring (bicyclic) bond motifs is 1. The first-order valence-corrected chi connectivity index (χ1v) is 6.83. The Hall–Kier alpha value is -2.64. The van der Waals surface area contributed by atoms with Gasteiger partial charge in [-0.15, -0.1) is 0 Å². The number of anilines is 1. The minimum absolute atomic E-state index is 0.0780. The number of hydrogen-bond donors (Lipinski definition) is 2. The van der Waals surface area contributed by atoms with Crippen LogP contribution in [0.25, 0.3) is 10.9 Å². The molecule has 4 nitrogen and oxygen atoms in total. The topological polar surface area (TPSA) is 53.6 Å². The van der Waals surface area contributed by atoms with E-state index in [1.807, 2.05) is 0 Å². The molecular weight excluding hydrogens is 312 g/mol. The summed E-state index contributed by atoms with van der Waals surface area (Å²) in [6, 6.07) is 5.24. The van der Waals surface area contributed by atoms with E-state index in [0.717, 1.165) is 23.2 Å². The van der Waals surface area contributed by atoms with Crippen LogP contribution in [-0.2, 0) is 12.6 Å². The van der Waals surface area contributed by atoms with Gasteiger partial charge in [-0.2, -0.15) is 13.2 Å². The van der Waals surface area contributed by atoms with E-state index >= 15 is 0 Å². The molecule has 120 valence electrons. The van der Waals surface area contributed by atoms with Gasteiger partial charge >= 0.3 is 6.18 Å². The first-order valence-electron chi connectivity index (χ1n) is 6.83. The van der Waals surface area contributed by atoms with Crippen molar-refractivity contribution in [2.45, 2.75) is 12.6 Å². The van der Waals surface area contributed by atoms with Crippen molar-refractivity contribution in [3.8, 4) is 0 Å². The lowest BCUT2D eigenvalue weighted by atomic mass is 10.1. The van der Waals surface area contributed by atoms with E-state index in [4.69, 9.17) is 0 Å². The zero-order valence-corrected chi connectivity index (χ0v) is 11.8. The number of nitrogens with one attached hydrogen (secondary N) is 2. The molecule has 0 aliphatic carbocycles. The smallest absolute Gasteiger partial charge is 0.361 e. The number of aromatic nitrogens is 3. The van der Waals surface area contributed by atoms with Gasteiger partial charge in [0.15, 0.2) is 0 Å². The molecule has 0 unspecified atom stereocenters. The third-order valence-corrected chi connectivity index (χ3v) is 3.35. The minimum Gasteiger partial charge on any atom is -0.361 e. The Labute approximate surface area is 128 Å². The van der Waals surface area contributed by atoms with Crippen molar-refractivity contribution >= 4 is 16.9 Å². The molecule has 2 aromatic heterocycles. The third kappa shape index (κ3) is 3.41. The normalized spacial score (nSPS) is 11.8. The molecule has 0 fully saturated rings. The molecule has 1 aromatic carbocycles. The lowest BCUT2D eigenvalue weighted by Crippen LogP contribution is -2.13. The molecule has 2 N–H and O–H groups in total. The summed E-state index contributed by atoms with van der Waals surface area (Å²) in [5.41, 5.74) is 0.618. The Morgan fingerprint density at radius 3 is 2.78 bits per heavy atom. The fourth-order valence-electron chi connectivity index (χ4n) is 2.28. The Morgan fingerprint density at radius 2 is 2.00 bits per heavy atom. The van der Waals surface area contributed by atoms with E-state index in [0.29, 0.717) is 18.5 Å². The average molecular weight is 324 g/mol. The van der Waals surface area contributed by atoms with Gasteiger partial charge in [-0.25, -0.2) is 14.4 Å². The SMILES string of the molecule is Fc1ccc2c(CCNc3nccc(C(F)(F)F)n3)c[nH]c2c1. The van der Waals surface area contributed by atoms with Crippen LogP contribution in [0.5, 0.6) is 0 Å². The maximum atomic E-state index is 13.1. The Kier molecular flexibility index (Phi) is 3.89. The van der Waals surface area contributed by atoms with Crippen molar-refractivity contribution < 1.29 is 17.6 Å². The van der Waals surface area contributed by atoms with E-state index < -0.39 is 11.9 Å². The Bertz CT molecular complexity index is 826. The van der Waals surface area contributed by atoms with Crippen LogP contribution in [-0.4, -0.2) is 21.5 Å². The molecule has 0 aliphatic heterocycles. The number of nitrogens with zero attached hydrogens (tertiary/aromatic N) is 2. The predicted octanol–water partition coefficient (Wildman–Crippen LogP) is 3.77. The Morgan fingerprint density at radius 1 is 1.17 bits per heavy atom. The monoisotopic (exact) mass is 324 g/mol. The fourth-order valence-corrected chi connectivity index (χ4v) is 2.28. The van der Waals surface area contributed by atoms with Crippen LogP contribution in [0.4, 0.5) is 23.5 Å². The van der Waals surface area contributed by atoms with Crippen LogP contribution in [0.1, 0.15) is 11.3 Å². The molecule has 0 amide bonds. The zero-order chi connectivity index (χ0) is 16.4. The maximum absolute atomic E-state index is 13.1. The molecule has 2 heterocycles. The number of H-pyrrole nitrogens is 1. The molecule has 3 aromatic rings. The van der Waals surface area contributed by atoms with Gasteiger partial charge in [0.2, 0.25) is 5.95 Å². The highest BCUT2D eigenvalue weighted by molar-refractivity contribution is 5.83. The van der Waals surface area contributed by atoms with E-state index in [9.17, 15) is 17.6 Å². The van der Waals surface area contributed by atoms with Crippen LogP contribution in [0.15, 0.2) is 36.7 Å². The number of benzene rings is 1. The lowest BCUT2D eigenvalue weighted by molar-refractivity contribution is -0.141. The number of rotatable bonds is 4. The molecule has 8 heteroatoms. The molecule has 3 rings (SSSR count). The van der Waals surface area contributed by atoms with E-state index in [1.165, 1.54) is 12.1 Å². The summed E-state index contributed by atoms with van der Waals surface area (Å²) in [5.74, 6) is -0.410. The number of aromatic amines is 1. The standard InChI is InChI=1S/C15H12F4N4/c16-10-1-2-11-9(8-22-12(11)7-10)3-5-20-14-21-6-4-13(23-14)15(17,18)19/h1-2,4,6-8,22H,3,5H2,(H,20,21,23). The number of hydrogen-bond acceptors (Lipinski definition) is 3. The van der Waals surface area contributed by atoms with Gasteiger partial charge in [-0.05, 0) is 36.2 Å². The summed E-state index contributed by atoms with van der Waals surface area (Å²) >= 11 is 0. The van der Waals surface area contributed by atoms with Crippen LogP contribution in [0.2, 0.25) is 0 Å². The summed E-state index contributed by atoms with van der Waals surface area (Å²) < 4.78 is 50.8. The van der Waals surface area contributed by atoms with Crippen molar-refractivity contribution in [3.05, 3.63) is 53.7 Å².